The summed E-state index contributed by atoms with van der Waals surface area (Å²) in [5, 5.41) is 23.5. The number of halogens is 1. The van der Waals surface area contributed by atoms with E-state index in [1.807, 2.05) is 6.92 Å². The molecular weight excluding hydrogens is 310 g/mol. The minimum atomic E-state index is -1.09. The maximum absolute atomic E-state index is 11.2. The molecule has 1 atom stereocenters. The molecule has 2 heterocycles. The first-order valence-corrected chi connectivity index (χ1v) is 6.90. The Bertz CT molecular complexity index is 758. The van der Waals surface area contributed by atoms with Gasteiger partial charge in [0, 0.05) is 0 Å². The predicted octanol–water partition coefficient (Wildman–Crippen LogP) is 1.71. The summed E-state index contributed by atoms with van der Waals surface area (Å²) >= 11 is 6.19. The van der Waals surface area contributed by atoms with E-state index in [0.717, 1.165) is 5.56 Å². The molecule has 0 spiro atoms. The SMILES string of the molecule is CCOc1ccc([C@H]2C=C(C(=O)O)Nc3nnnn32)cc1Cl. The van der Waals surface area contributed by atoms with E-state index in [1.165, 1.54) is 10.8 Å². The molecule has 0 radical (unpaired) electrons. The highest BCUT2D eigenvalue weighted by Crippen LogP contribution is 2.32. The lowest BCUT2D eigenvalue weighted by atomic mass is 10.0. The van der Waals surface area contributed by atoms with Crippen LogP contribution in [0.2, 0.25) is 5.02 Å². The van der Waals surface area contributed by atoms with Crippen molar-refractivity contribution in [3.8, 4) is 5.75 Å². The first-order chi connectivity index (χ1) is 10.6. The van der Waals surface area contributed by atoms with Crippen LogP contribution in [-0.2, 0) is 4.79 Å². The van der Waals surface area contributed by atoms with Crippen molar-refractivity contribution in [3.63, 3.8) is 0 Å². The second-order valence-corrected chi connectivity index (χ2v) is 4.93. The van der Waals surface area contributed by atoms with Crippen molar-refractivity contribution in [2.75, 3.05) is 11.9 Å². The molecule has 8 nitrogen and oxygen atoms in total. The van der Waals surface area contributed by atoms with Crippen LogP contribution in [0.1, 0.15) is 18.5 Å². The third-order valence-electron chi connectivity index (χ3n) is 3.16. The molecule has 1 aromatic heterocycles. The summed E-state index contributed by atoms with van der Waals surface area (Å²) in [6, 6.07) is 4.78. The highest BCUT2D eigenvalue weighted by atomic mass is 35.5. The normalized spacial score (nSPS) is 16.5. The number of carboxylic acids is 1. The van der Waals surface area contributed by atoms with Crippen LogP contribution in [0.25, 0.3) is 0 Å². The second kappa shape index (κ2) is 5.64. The Morgan fingerprint density at radius 2 is 2.36 bits per heavy atom. The summed E-state index contributed by atoms with van der Waals surface area (Å²) in [5.41, 5.74) is 0.763. The van der Waals surface area contributed by atoms with Crippen LogP contribution in [0.15, 0.2) is 30.0 Å². The topological polar surface area (TPSA) is 102 Å². The Morgan fingerprint density at radius 1 is 1.55 bits per heavy atom. The van der Waals surface area contributed by atoms with E-state index in [4.69, 9.17) is 16.3 Å². The number of benzene rings is 1. The van der Waals surface area contributed by atoms with E-state index in [1.54, 1.807) is 18.2 Å². The third kappa shape index (κ3) is 2.48. The Balaban J connectivity index is 2.03. The van der Waals surface area contributed by atoms with Crippen LogP contribution in [0.4, 0.5) is 5.95 Å². The fourth-order valence-electron chi connectivity index (χ4n) is 2.19. The van der Waals surface area contributed by atoms with Crippen molar-refractivity contribution in [2.24, 2.45) is 0 Å². The molecule has 0 saturated heterocycles. The Labute approximate surface area is 130 Å². The smallest absolute Gasteiger partial charge is 0.352 e. The number of ether oxygens (including phenoxy) is 1. The van der Waals surface area contributed by atoms with Gasteiger partial charge in [0.1, 0.15) is 17.5 Å². The zero-order chi connectivity index (χ0) is 15.7. The molecule has 2 aromatic rings. The number of hydrogen-bond acceptors (Lipinski definition) is 6. The molecule has 1 aromatic carbocycles. The average molecular weight is 322 g/mol. The number of tetrazole rings is 1. The molecule has 1 aliphatic heterocycles. The highest BCUT2D eigenvalue weighted by Gasteiger charge is 2.26. The number of allylic oxidation sites excluding steroid dienone is 1. The lowest BCUT2D eigenvalue weighted by molar-refractivity contribution is -0.132. The molecular formula is C13H12ClN5O3. The molecule has 2 N–H and O–H groups in total. The van der Waals surface area contributed by atoms with Gasteiger partial charge >= 0.3 is 5.97 Å². The van der Waals surface area contributed by atoms with Crippen LogP contribution in [0.5, 0.6) is 5.75 Å². The summed E-state index contributed by atoms with van der Waals surface area (Å²) in [6.45, 7) is 2.37. The third-order valence-corrected chi connectivity index (χ3v) is 3.45. The molecule has 0 saturated carbocycles. The maximum Gasteiger partial charge on any atom is 0.352 e. The molecule has 114 valence electrons. The molecule has 1 aliphatic rings. The van der Waals surface area contributed by atoms with Crippen LogP contribution in [0.3, 0.4) is 0 Å². The first kappa shape index (κ1) is 14.3. The number of carboxylic acid groups (broad SMARTS) is 1. The average Bonchev–Trinajstić information content (AvgIpc) is 2.96. The minimum absolute atomic E-state index is 0.0114. The number of aliphatic carboxylic acids is 1. The van der Waals surface area contributed by atoms with Gasteiger partial charge in [0.2, 0.25) is 5.95 Å². The van der Waals surface area contributed by atoms with Gasteiger partial charge in [0.15, 0.2) is 0 Å². The largest absolute Gasteiger partial charge is 0.492 e. The van der Waals surface area contributed by atoms with E-state index < -0.39 is 12.0 Å². The number of anilines is 1. The van der Waals surface area contributed by atoms with Crippen molar-refractivity contribution < 1.29 is 14.6 Å². The van der Waals surface area contributed by atoms with Gasteiger partial charge in [-0.15, -0.1) is 0 Å². The lowest BCUT2D eigenvalue weighted by Gasteiger charge is -2.22. The fourth-order valence-corrected chi connectivity index (χ4v) is 2.43. The molecule has 0 amide bonds. The molecule has 0 unspecified atom stereocenters. The van der Waals surface area contributed by atoms with Crippen molar-refractivity contribution in [2.45, 2.75) is 13.0 Å². The molecule has 9 heteroatoms. The number of nitrogens with zero attached hydrogens (tertiary/aromatic N) is 4. The summed E-state index contributed by atoms with van der Waals surface area (Å²) in [7, 11) is 0. The van der Waals surface area contributed by atoms with E-state index in [9.17, 15) is 9.90 Å². The van der Waals surface area contributed by atoms with Crippen molar-refractivity contribution in [3.05, 3.63) is 40.6 Å². The van der Waals surface area contributed by atoms with Crippen molar-refractivity contribution in [1.82, 2.24) is 20.2 Å². The molecule has 0 aliphatic carbocycles. The van der Waals surface area contributed by atoms with Gasteiger partial charge in [-0.25, -0.2) is 4.79 Å². The molecule has 22 heavy (non-hydrogen) atoms. The zero-order valence-electron chi connectivity index (χ0n) is 11.5. The summed E-state index contributed by atoms with van der Waals surface area (Å²) in [4.78, 5) is 11.2. The number of rotatable bonds is 4. The van der Waals surface area contributed by atoms with Gasteiger partial charge in [-0.3, -0.25) is 0 Å². The van der Waals surface area contributed by atoms with E-state index in [2.05, 4.69) is 20.8 Å². The van der Waals surface area contributed by atoms with E-state index in [-0.39, 0.29) is 11.6 Å². The number of nitrogens with one attached hydrogen (secondary N) is 1. The van der Waals surface area contributed by atoms with Gasteiger partial charge < -0.3 is 15.2 Å². The number of fused-ring (bicyclic) bond motifs is 1. The number of aromatic nitrogens is 4. The zero-order valence-corrected chi connectivity index (χ0v) is 12.3. The Kier molecular flexibility index (Phi) is 3.68. The number of hydrogen-bond donors (Lipinski definition) is 2. The number of carbonyl (C=O) groups is 1. The van der Waals surface area contributed by atoms with Gasteiger partial charge in [-0.2, -0.15) is 4.68 Å². The standard InChI is InChI=1S/C13H12ClN5O3/c1-2-22-11-4-3-7(5-8(11)14)10-6-9(12(20)21)15-13-16-17-18-19(10)13/h3-6,10H,2H2,1H3,(H,20,21)(H,15,16,18)/t10-/m1/s1. The Morgan fingerprint density at radius 3 is 3.05 bits per heavy atom. The van der Waals surface area contributed by atoms with Crippen LogP contribution in [0, 0.1) is 0 Å². The second-order valence-electron chi connectivity index (χ2n) is 4.53. The predicted molar refractivity (Wildman–Crippen MR) is 77.9 cm³/mol. The van der Waals surface area contributed by atoms with Gasteiger partial charge in [-0.1, -0.05) is 22.8 Å². The van der Waals surface area contributed by atoms with Crippen molar-refractivity contribution in [1.29, 1.82) is 0 Å². The Hall–Kier alpha value is -2.61. The maximum atomic E-state index is 11.2. The van der Waals surface area contributed by atoms with Gasteiger partial charge in [0.05, 0.1) is 11.6 Å². The minimum Gasteiger partial charge on any atom is -0.492 e. The monoisotopic (exact) mass is 321 g/mol. The first-order valence-electron chi connectivity index (χ1n) is 6.52. The van der Waals surface area contributed by atoms with E-state index >= 15 is 0 Å². The molecule has 0 bridgehead atoms. The molecule has 0 fully saturated rings. The van der Waals surface area contributed by atoms with Crippen molar-refractivity contribution >= 4 is 23.5 Å². The summed E-state index contributed by atoms with van der Waals surface area (Å²) in [5.74, 6) is -0.257. The van der Waals surface area contributed by atoms with Gasteiger partial charge in [0.25, 0.3) is 0 Å². The quantitative estimate of drug-likeness (QED) is 0.883. The highest BCUT2D eigenvalue weighted by molar-refractivity contribution is 6.32. The van der Waals surface area contributed by atoms with Crippen LogP contribution >= 0.6 is 11.6 Å². The fraction of sp³-hybridized carbons (Fsp3) is 0.231. The lowest BCUT2D eigenvalue weighted by Crippen LogP contribution is -2.24. The molecule has 3 rings (SSSR count). The van der Waals surface area contributed by atoms with Crippen LogP contribution < -0.4 is 10.1 Å². The van der Waals surface area contributed by atoms with Gasteiger partial charge in [-0.05, 0) is 41.1 Å². The summed E-state index contributed by atoms with van der Waals surface area (Å²) in [6.07, 6.45) is 1.53. The van der Waals surface area contributed by atoms with E-state index in [0.29, 0.717) is 17.4 Å². The van der Waals surface area contributed by atoms with Crippen LogP contribution in [-0.4, -0.2) is 37.9 Å². The summed E-state index contributed by atoms with van der Waals surface area (Å²) < 4.78 is 6.88.